The van der Waals surface area contributed by atoms with Crippen molar-refractivity contribution >= 4 is 17.2 Å². The van der Waals surface area contributed by atoms with E-state index < -0.39 is 0 Å². The first kappa shape index (κ1) is 12.8. The summed E-state index contributed by atoms with van der Waals surface area (Å²) in [6.07, 6.45) is 1.89. The molecule has 1 aliphatic heterocycles. The average molecular weight is 268 g/mol. The van der Waals surface area contributed by atoms with Crippen LogP contribution < -0.4 is 15.5 Å². The van der Waals surface area contributed by atoms with Crippen molar-refractivity contribution in [2.24, 2.45) is 0 Å². The van der Waals surface area contributed by atoms with E-state index >= 15 is 0 Å². The van der Waals surface area contributed by atoms with Gasteiger partial charge in [-0.2, -0.15) is 0 Å². The molecule has 1 saturated heterocycles. The fourth-order valence-electron chi connectivity index (χ4n) is 2.57. The van der Waals surface area contributed by atoms with Gasteiger partial charge in [0.2, 0.25) is 0 Å². The summed E-state index contributed by atoms with van der Waals surface area (Å²) in [5, 5.41) is 0. The second kappa shape index (κ2) is 5.41. The number of aryl methyl sites for hydroxylation is 1. The molecule has 0 atom stereocenters. The van der Waals surface area contributed by atoms with E-state index in [0.717, 1.165) is 37.7 Å². The SMILES string of the molecule is Cc1ccnc(N2CCN(c3ccc(N)cc3)CC2)c1. The second-order valence-electron chi connectivity index (χ2n) is 5.26. The lowest BCUT2D eigenvalue weighted by molar-refractivity contribution is 0.647. The average Bonchev–Trinajstić information content (AvgIpc) is 2.48. The minimum Gasteiger partial charge on any atom is -0.399 e. The molecule has 1 aromatic carbocycles. The number of pyridine rings is 1. The predicted octanol–water partition coefficient (Wildman–Crippen LogP) is 2.30. The van der Waals surface area contributed by atoms with Gasteiger partial charge in [-0.25, -0.2) is 4.98 Å². The Morgan fingerprint density at radius 3 is 2.25 bits per heavy atom. The molecule has 1 aliphatic rings. The van der Waals surface area contributed by atoms with Crippen molar-refractivity contribution < 1.29 is 0 Å². The van der Waals surface area contributed by atoms with E-state index in [1.54, 1.807) is 0 Å². The van der Waals surface area contributed by atoms with Crippen LogP contribution in [0.3, 0.4) is 0 Å². The minimum absolute atomic E-state index is 0.816. The van der Waals surface area contributed by atoms with Crippen LogP contribution in [0.1, 0.15) is 5.56 Å². The molecule has 0 unspecified atom stereocenters. The van der Waals surface area contributed by atoms with Crippen LogP contribution in [0.2, 0.25) is 0 Å². The number of benzene rings is 1. The van der Waals surface area contributed by atoms with Gasteiger partial charge in [-0.3, -0.25) is 0 Å². The molecular weight excluding hydrogens is 248 g/mol. The molecule has 4 nitrogen and oxygen atoms in total. The summed E-state index contributed by atoms with van der Waals surface area (Å²) in [6, 6.07) is 12.3. The van der Waals surface area contributed by atoms with Gasteiger partial charge >= 0.3 is 0 Å². The van der Waals surface area contributed by atoms with E-state index in [2.05, 4.69) is 39.9 Å². The normalized spacial score (nSPS) is 15.4. The van der Waals surface area contributed by atoms with Crippen molar-refractivity contribution in [3.05, 3.63) is 48.2 Å². The highest BCUT2D eigenvalue weighted by molar-refractivity contribution is 5.54. The molecule has 0 aliphatic carbocycles. The Morgan fingerprint density at radius 2 is 1.60 bits per heavy atom. The van der Waals surface area contributed by atoms with Crippen molar-refractivity contribution in [2.75, 3.05) is 41.7 Å². The van der Waals surface area contributed by atoms with E-state index in [0.29, 0.717) is 0 Å². The molecule has 1 aromatic heterocycles. The largest absolute Gasteiger partial charge is 0.399 e. The van der Waals surface area contributed by atoms with Crippen LogP contribution in [-0.4, -0.2) is 31.2 Å². The van der Waals surface area contributed by atoms with Crippen LogP contribution >= 0.6 is 0 Å². The highest BCUT2D eigenvalue weighted by Gasteiger charge is 2.18. The molecular formula is C16H20N4. The van der Waals surface area contributed by atoms with E-state index in [9.17, 15) is 0 Å². The topological polar surface area (TPSA) is 45.4 Å². The maximum absolute atomic E-state index is 5.73. The molecule has 0 saturated carbocycles. The molecule has 20 heavy (non-hydrogen) atoms. The lowest BCUT2D eigenvalue weighted by Gasteiger charge is -2.36. The molecule has 2 N–H and O–H groups in total. The van der Waals surface area contributed by atoms with Crippen molar-refractivity contribution in [3.63, 3.8) is 0 Å². The monoisotopic (exact) mass is 268 g/mol. The van der Waals surface area contributed by atoms with Crippen LogP contribution in [0.15, 0.2) is 42.6 Å². The summed E-state index contributed by atoms with van der Waals surface area (Å²) < 4.78 is 0. The zero-order valence-electron chi connectivity index (χ0n) is 11.8. The number of hydrogen-bond acceptors (Lipinski definition) is 4. The van der Waals surface area contributed by atoms with Gasteiger partial charge in [0.1, 0.15) is 5.82 Å². The lowest BCUT2D eigenvalue weighted by Crippen LogP contribution is -2.46. The maximum Gasteiger partial charge on any atom is 0.128 e. The van der Waals surface area contributed by atoms with Gasteiger partial charge in [0.15, 0.2) is 0 Å². The summed E-state index contributed by atoms with van der Waals surface area (Å²) in [7, 11) is 0. The number of aromatic nitrogens is 1. The zero-order valence-corrected chi connectivity index (χ0v) is 11.8. The van der Waals surface area contributed by atoms with E-state index in [1.807, 2.05) is 24.4 Å². The second-order valence-corrected chi connectivity index (χ2v) is 5.26. The molecule has 3 rings (SSSR count). The first-order valence-corrected chi connectivity index (χ1v) is 7.00. The first-order chi connectivity index (χ1) is 9.72. The third kappa shape index (κ3) is 2.69. The Kier molecular flexibility index (Phi) is 3.46. The van der Waals surface area contributed by atoms with Crippen LogP contribution in [0, 0.1) is 6.92 Å². The maximum atomic E-state index is 5.73. The lowest BCUT2D eigenvalue weighted by atomic mass is 10.2. The number of nitrogens with zero attached hydrogens (tertiary/aromatic N) is 3. The number of nitrogens with two attached hydrogens (primary N) is 1. The predicted molar refractivity (Wildman–Crippen MR) is 84.3 cm³/mol. The van der Waals surface area contributed by atoms with Gasteiger partial charge in [0.05, 0.1) is 0 Å². The van der Waals surface area contributed by atoms with Gasteiger partial charge in [0.25, 0.3) is 0 Å². The highest BCUT2D eigenvalue weighted by atomic mass is 15.3. The van der Waals surface area contributed by atoms with Gasteiger partial charge in [0, 0.05) is 43.8 Å². The van der Waals surface area contributed by atoms with E-state index in [-0.39, 0.29) is 0 Å². The number of rotatable bonds is 2. The summed E-state index contributed by atoms with van der Waals surface area (Å²) in [6.45, 7) is 6.14. The fourth-order valence-corrected chi connectivity index (χ4v) is 2.57. The van der Waals surface area contributed by atoms with Crippen LogP contribution in [0.25, 0.3) is 0 Å². The van der Waals surface area contributed by atoms with Crippen molar-refractivity contribution in [1.82, 2.24) is 4.98 Å². The number of anilines is 3. The number of piperazine rings is 1. The third-order valence-corrected chi connectivity index (χ3v) is 3.76. The van der Waals surface area contributed by atoms with Gasteiger partial charge < -0.3 is 15.5 Å². The van der Waals surface area contributed by atoms with Gasteiger partial charge in [-0.05, 0) is 48.9 Å². The molecule has 2 aromatic rings. The molecule has 0 amide bonds. The summed E-state index contributed by atoms with van der Waals surface area (Å²) in [5.74, 6) is 1.09. The third-order valence-electron chi connectivity index (χ3n) is 3.76. The van der Waals surface area contributed by atoms with Crippen molar-refractivity contribution in [1.29, 1.82) is 0 Å². The highest BCUT2D eigenvalue weighted by Crippen LogP contribution is 2.20. The molecule has 0 bridgehead atoms. The minimum atomic E-state index is 0.816. The Hall–Kier alpha value is -2.23. The van der Waals surface area contributed by atoms with Crippen LogP contribution in [0.4, 0.5) is 17.2 Å². The van der Waals surface area contributed by atoms with Crippen molar-refractivity contribution in [2.45, 2.75) is 6.92 Å². The smallest absolute Gasteiger partial charge is 0.128 e. The number of hydrogen-bond donors (Lipinski definition) is 1. The van der Waals surface area contributed by atoms with E-state index in [1.165, 1.54) is 11.3 Å². The number of nitrogen functional groups attached to an aromatic ring is 1. The Bertz CT molecular complexity index is 571. The molecule has 4 heteroatoms. The molecule has 104 valence electrons. The van der Waals surface area contributed by atoms with E-state index in [4.69, 9.17) is 5.73 Å². The first-order valence-electron chi connectivity index (χ1n) is 7.00. The van der Waals surface area contributed by atoms with Crippen LogP contribution in [0.5, 0.6) is 0 Å². The zero-order chi connectivity index (χ0) is 13.9. The summed E-state index contributed by atoms with van der Waals surface area (Å²) in [4.78, 5) is 9.21. The molecule has 0 radical (unpaired) electrons. The fraction of sp³-hybridized carbons (Fsp3) is 0.312. The Morgan fingerprint density at radius 1 is 0.950 bits per heavy atom. The Balaban J connectivity index is 1.66. The molecule has 2 heterocycles. The Labute approximate surface area is 119 Å². The molecule has 0 spiro atoms. The standard InChI is InChI=1S/C16H20N4/c1-13-6-7-18-16(12-13)20-10-8-19(9-11-20)15-4-2-14(17)3-5-15/h2-7,12H,8-11,17H2,1H3. The molecule has 1 fully saturated rings. The van der Waals surface area contributed by atoms with Gasteiger partial charge in [-0.15, -0.1) is 0 Å². The van der Waals surface area contributed by atoms with Gasteiger partial charge in [-0.1, -0.05) is 0 Å². The summed E-state index contributed by atoms with van der Waals surface area (Å²) >= 11 is 0. The van der Waals surface area contributed by atoms with Crippen molar-refractivity contribution in [3.8, 4) is 0 Å². The summed E-state index contributed by atoms with van der Waals surface area (Å²) in [5.41, 5.74) is 9.06. The van der Waals surface area contributed by atoms with Crippen LogP contribution in [-0.2, 0) is 0 Å². The quantitative estimate of drug-likeness (QED) is 0.849.